The van der Waals surface area contributed by atoms with E-state index in [1.165, 1.54) is 5.56 Å². The summed E-state index contributed by atoms with van der Waals surface area (Å²) in [5.41, 5.74) is 2.28. The summed E-state index contributed by atoms with van der Waals surface area (Å²) in [5, 5.41) is 4.93. The molecule has 0 unspecified atom stereocenters. The molecule has 1 heterocycles. The van der Waals surface area contributed by atoms with Gasteiger partial charge in [-0.3, -0.25) is 0 Å². The Balaban J connectivity index is 2.12. The fourth-order valence-electron chi connectivity index (χ4n) is 1.84. The third-order valence-electron chi connectivity index (χ3n) is 2.67. The van der Waals surface area contributed by atoms with Crippen LogP contribution >= 0.6 is 35.0 Å². The Labute approximate surface area is 114 Å². The van der Waals surface area contributed by atoms with Gasteiger partial charge in [-0.2, -0.15) is 0 Å². The van der Waals surface area contributed by atoms with Gasteiger partial charge in [0.15, 0.2) is 0 Å². The van der Waals surface area contributed by atoms with E-state index in [1.54, 1.807) is 11.8 Å². The number of rotatable bonds is 0. The SMILES string of the molecule is Clc1ccc2c(c1)NCc1cccc(Cl)c1S2. The molecule has 4 heteroatoms. The van der Waals surface area contributed by atoms with Crippen LogP contribution in [0.1, 0.15) is 5.56 Å². The molecule has 0 spiro atoms. The molecule has 0 saturated heterocycles. The van der Waals surface area contributed by atoms with Crippen LogP contribution in [0, 0.1) is 0 Å². The van der Waals surface area contributed by atoms with Gasteiger partial charge in [0.2, 0.25) is 0 Å². The Hall–Kier alpha value is -0.830. The molecule has 0 saturated carbocycles. The zero-order valence-corrected chi connectivity index (χ0v) is 11.2. The highest BCUT2D eigenvalue weighted by Crippen LogP contribution is 2.42. The Morgan fingerprint density at radius 1 is 1.12 bits per heavy atom. The van der Waals surface area contributed by atoms with Crippen LogP contribution < -0.4 is 5.32 Å². The van der Waals surface area contributed by atoms with Gasteiger partial charge in [0, 0.05) is 27.0 Å². The van der Waals surface area contributed by atoms with Crippen LogP contribution in [0.4, 0.5) is 5.69 Å². The summed E-state index contributed by atoms with van der Waals surface area (Å²) in [6, 6.07) is 11.9. The summed E-state index contributed by atoms with van der Waals surface area (Å²) in [6.07, 6.45) is 0. The maximum absolute atomic E-state index is 6.24. The number of nitrogens with one attached hydrogen (secondary N) is 1. The smallest absolute Gasteiger partial charge is 0.0548 e. The van der Waals surface area contributed by atoms with Crippen LogP contribution in [-0.2, 0) is 6.54 Å². The van der Waals surface area contributed by atoms with Crippen molar-refractivity contribution in [2.24, 2.45) is 0 Å². The minimum atomic E-state index is 0.744. The van der Waals surface area contributed by atoms with Crippen LogP contribution in [0.5, 0.6) is 0 Å². The van der Waals surface area contributed by atoms with E-state index in [-0.39, 0.29) is 0 Å². The highest BCUT2D eigenvalue weighted by Gasteiger charge is 2.15. The molecule has 2 aromatic rings. The van der Waals surface area contributed by atoms with Crippen LogP contribution in [-0.4, -0.2) is 0 Å². The lowest BCUT2D eigenvalue weighted by Crippen LogP contribution is -1.98. The second-order valence-electron chi connectivity index (χ2n) is 3.82. The van der Waals surface area contributed by atoms with Crippen molar-refractivity contribution in [1.82, 2.24) is 0 Å². The molecule has 1 aliphatic heterocycles. The average molecular weight is 282 g/mol. The molecule has 0 aromatic heterocycles. The fourth-order valence-corrected chi connectivity index (χ4v) is 3.35. The molecular weight excluding hydrogens is 273 g/mol. The molecule has 2 aromatic carbocycles. The van der Waals surface area contributed by atoms with E-state index in [2.05, 4.69) is 11.4 Å². The lowest BCUT2D eigenvalue weighted by molar-refractivity contribution is 1.10. The predicted octanol–water partition coefficient (Wildman–Crippen LogP) is 5.07. The van der Waals surface area contributed by atoms with E-state index >= 15 is 0 Å². The van der Waals surface area contributed by atoms with Gasteiger partial charge < -0.3 is 5.32 Å². The first-order chi connectivity index (χ1) is 8.24. The van der Waals surface area contributed by atoms with Crippen molar-refractivity contribution < 1.29 is 0 Å². The Kier molecular flexibility index (Phi) is 2.95. The maximum Gasteiger partial charge on any atom is 0.0548 e. The number of benzene rings is 2. The minimum Gasteiger partial charge on any atom is -0.380 e. The van der Waals surface area contributed by atoms with Gasteiger partial charge in [0.25, 0.3) is 0 Å². The molecule has 1 aliphatic rings. The number of halogens is 2. The van der Waals surface area contributed by atoms with Gasteiger partial charge in [-0.05, 0) is 29.8 Å². The van der Waals surface area contributed by atoms with Crippen LogP contribution in [0.15, 0.2) is 46.2 Å². The quantitative estimate of drug-likeness (QED) is 0.724. The zero-order valence-electron chi connectivity index (χ0n) is 8.84. The molecule has 0 bridgehead atoms. The maximum atomic E-state index is 6.24. The molecule has 0 aliphatic carbocycles. The number of hydrogen-bond donors (Lipinski definition) is 1. The van der Waals surface area contributed by atoms with Crippen LogP contribution in [0.2, 0.25) is 10.0 Å². The lowest BCUT2D eigenvalue weighted by atomic mass is 10.2. The standard InChI is InChI=1S/C13H9Cl2NS/c14-9-4-5-12-11(6-9)16-7-8-2-1-3-10(15)13(8)17-12/h1-6,16H,7H2. The summed E-state index contributed by atoms with van der Waals surface area (Å²) in [5.74, 6) is 0. The van der Waals surface area contributed by atoms with Crippen molar-refractivity contribution >= 4 is 40.7 Å². The first-order valence-electron chi connectivity index (χ1n) is 5.23. The van der Waals surface area contributed by atoms with Gasteiger partial charge in [-0.1, -0.05) is 47.1 Å². The Bertz CT molecular complexity index is 584. The van der Waals surface area contributed by atoms with Gasteiger partial charge >= 0.3 is 0 Å². The average Bonchev–Trinajstić information content (AvgIpc) is 2.49. The number of anilines is 1. The van der Waals surface area contributed by atoms with Crippen molar-refractivity contribution in [2.45, 2.75) is 16.3 Å². The van der Waals surface area contributed by atoms with E-state index in [9.17, 15) is 0 Å². The van der Waals surface area contributed by atoms with Crippen LogP contribution in [0.25, 0.3) is 0 Å². The van der Waals surface area contributed by atoms with Crippen molar-refractivity contribution in [3.63, 3.8) is 0 Å². The highest BCUT2D eigenvalue weighted by molar-refractivity contribution is 7.99. The second-order valence-corrected chi connectivity index (χ2v) is 5.72. The largest absolute Gasteiger partial charge is 0.380 e. The topological polar surface area (TPSA) is 12.0 Å². The summed E-state index contributed by atoms with van der Waals surface area (Å²) < 4.78 is 0. The normalized spacial score (nSPS) is 13.3. The van der Waals surface area contributed by atoms with Gasteiger partial charge in [0.1, 0.15) is 0 Å². The van der Waals surface area contributed by atoms with E-state index < -0.39 is 0 Å². The zero-order chi connectivity index (χ0) is 11.8. The fraction of sp³-hybridized carbons (Fsp3) is 0.0769. The Morgan fingerprint density at radius 3 is 2.88 bits per heavy atom. The molecule has 1 nitrogen and oxygen atoms in total. The summed E-state index contributed by atoms with van der Waals surface area (Å²) in [6.45, 7) is 0.774. The van der Waals surface area contributed by atoms with E-state index in [4.69, 9.17) is 23.2 Å². The number of hydrogen-bond acceptors (Lipinski definition) is 2. The molecule has 0 amide bonds. The van der Waals surface area contributed by atoms with E-state index in [1.807, 2.05) is 30.3 Å². The Morgan fingerprint density at radius 2 is 2.00 bits per heavy atom. The minimum absolute atomic E-state index is 0.744. The van der Waals surface area contributed by atoms with Crippen LogP contribution in [0.3, 0.4) is 0 Å². The third-order valence-corrected chi connectivity index (χ3v) is 4.60. The van der Waals surface area contributed by atoms with Crippen molar-refractivity contribution in [3.8, 4) is 0 Å². The molecular formula is C13H9Cl2NS. The van der Waals surface area contributed by atoms with Crippen molar-refractivity contribution in [2.75, 3.05) is 5.32 Å². The molecule has 0 radical (unpaired) electrons. The molecule has 17 heavy (non-hydrogen) atoms. The molecule has 1 N–H and O–H groups in total. The predicted molar refractivity (Wildman–Crippen MR) is 74.4 cm³/mol. The first kappa shape index (κ1) is 11.3. The van der Waals surface area contributed by atoms with Gasteiger partial charge in [-0.25, -0.2) is 0 Å². The summed E-state index contributed by atoms with van der Waals surface area (Å²) in [7, 11) is 0. The molecule has 0 fully saturated rings. The monoisotopic (exact) mass is 281 g/mol. The van der Waals surface area contributed by atoms with E-state index in [0.29, 0.717) is 0 Å². The number of fused-ring (bicyclic) bond motifs is 2. The molecule has 0 atom stereocenters. The van der Waals surface area contributed by atoms with Crippen molar-refractivity contribution in [1.29, 1.82) is 0 Å². The molecule has 3 rings (SSSR count). The first-order valence-corrected chi connectivity index (χ1v) is 6.80. The van der Waals surface area contributed by atoms with Gasteiger partial charge in [0.05, 0.1) is 5.02 Å². The van der Waals surface area contributed by atoms with E-state index in [0.717, 1.165) is 32.1 Å². The third kappa shape index (κ3) is 2.13. The summed E-state index contributed by atoms with van der Waals surface area (Å²) >= 11 is 13.9. The lowest BCUT2D eigenvalue weighted by Gasteiger charge is -2.06. The highest BCUT2D eigenvalue weighted by atomic mass is 35.5. The van der Waals surface area contributed by atoms with Gasteiger partial charge in [-0.15, -0.1) is 0 Å². The summed E-state index contributed by atoms with van der Waals surface area (Å²) in [4.78, 5) is 2.28. The van der Waals surface area contributed by atoms with Crippen molar-refractivity contribution in [3.05, 3.63) is 52.0 Å². The molecule has 86 valence electrons. The second kappa shape index (κ2) is 4.45.